The molecule has 0 saturated carbocycles. The van der Waals surface area contributed by atoms with Crippen LogP contribution in [0, 0.1) is 5.92 Å². The lowest BCUT2D eigenvalue weighted by molar-refractivity contribution is 0.0953. The number of carbonyl (C=O) groups is 1. The van der Waals surface area contributed by atoms with Crippen LogP contribution in [-0.2, 0) is 6.42 Å². The summed E-state index contributed by atoms with van der Waals surface area (Å²) in [6.07, 6.45) is 1.27. The van der Waals surface area contributed by atoms with E-state index in [2.05, 4.69) is 27.5 Å². The Balaban J connectivity index is 1.68. The topological polar surface area (TPSA) is 76.1 Å². The van der Waals surface area contributed by atoms with Crippen molar-refractivity contribution in [2.45, 2.75) is 26.7 Å². The van der Waals surface area contributed by atoms with Crippen LogP contribution >= 0.6 is 0 Å². The molecule has 4 rings (SSSR count). The number of benzene rings is 2. The fourth-order valence-electron chi connectivity index (χ4n) is 3.50. The van der Waals surface area contributed by atoms with Crippen molar-refractivity contribution >= 4 is 28.9 Å². The first kappa shape index (κ1) is 18.9. The normalized spacial score (nSPS) is 15.5. The van der Waals surface area contributed by atoms with Gasteiger partial charge in [0.2, 0.25) is 5.95 Å². The van der Waals surface area contributed by atoms with Crippen molar-refractivity contribution in [2.75, 3.05) is 17.2 Å². The highest BCUT2D eigenvalue weighted by Crippen LogP contribution is 2.32. The maximum absolute atomic E-state index is 12.7. The fraction of sp³-hybridized carbons (Fsp3) is 0.261. The molecular weight excluding hydrogens is 364 g/mol. The molecule has 0 radical (unpaired) electrons. The van der Waals surface area contributed by atoms with E-state index in [1.165, 1.54) is 0 Å². The van der Waals surface area contributed by atoms with Crippen LogP contribution < -0.4 is 15.4 Å². The minimum absolute atomic E-state index is 0.0878. The van der Waals surface area contributed by atoms with Gasteiger partial charge in [0.25, 0.3) is 0 Å². The van der Waals surface area contributed by atoms with E-state index < -0.39 is 0 Å². The Kier molecular flexibility index (Phi) is 5.42. The molecule has 6 nitrogen and oxygen atoms in total. The van der Waals surface area contributed by atoms with Gasteiger partial charge in [-0.3, -0.25) is 4.79 Å². The smallest absolute Gasteiger partial charge is 0.229 e. The number of fused-ring (bicyclic) bond motifs is 1. The van der Waals surface area contributed by atoms with Crippen molar-refractivity contribution in [1.29, 1.82) is 0 Å². The van der Waals surface area contributed by atoms with E-state index >= 15 is 0 Å². The van der Waals surface area contributed by atoms with Crippen LogP contribution in [0.15, 0.2) is 54.6 Å². The number of anilines is 4. The number of ketones is 1. The molecule has 1 aliphatic carbocycles. The molecule has 6 heteroatoms. The first-order valence-corrected chi connectivity index (χ1v) is 9.88. The van der Waals surface area contributed by atoms with Gasteiger partial charge in [-0.1, -0.05) is 25.1 Å². The average molecular weight is 388 g/mol. The standard InChI is InChI=1S/C23H24N4O2/c1-3-29-18-11-9-17(10-12-18)25-23-26-19-13-15(2)14-20(28)21(19)22(27-23)24-16-7-5-4-6-8-16/h4-12,15H,3,13-14H2,1-2H3,(H2,24,25,26,27). The fourth-order valence-corrected chi connectivity index (χ4v) is 3.50. The van der Waals surface area contributed by atoms with Crippen LogP contribution in [0.3, 0.4) is 0 Å². The van der Waals surface area contributed by atoms with Crippen molar-refractivity contribution in [3.8, 4) is 5.75 Å². The summed E-state index contributed by atoms with van der Waals surface area (Å²) in [6, 6.07) is 17.4. The number of aromatic nitrogens is 2. The van der Waals surface area contributed by atoms with Crippen LogP contribution in [0.2, 0.25) is 0 Å². The van der Waals surface area contributed by atoms with Crippen LogP contribution in [0.4, 0.5) is 23.1 Å². The Morgan fingerprint density at radius 1 is 0.966 bits per heavy atom. The molecule has 1 unspecified atom stereocenters. The Bertz CT molecular complexity index is 1000. The highest BCUT2D eigenvalue weighted by atomic mass is 16.5. The van der Waals surface area contributed by atoms with E-state index in [9.17, 15) is 4.79 Å². The molecule has 0 bridgehead atoms. The first-order chi connectivity index (χ1) is 14.1. The number of hydrogen-bond acceptors (Lipinski definition) is 6. The summed E-state index contributed by atoms with van der Waals surface area (Å²) in [7, 11) is 0. The summed E-state index contributed by atoms with van der Waals surface area (Å²) in [6.45, 7) is 4.66. The van der Waals surface area contributed by atoms with Crippen LogP contribution in [-0.4, -0.2) is 22.4 Å². The quantitative estimate of drug-likeness (QED) is 0.610. The third kappa shape index (κ3) is 4.37. The van der Waals surface area contributed by atoms with Gasteiger partial charge in [0.1, 0.15) is 11.6 Å². The average Bonchev–Trinajstić information content (AvgIpc) is 2.70. The van der Waals surface area contributed by atoms with Gasteiger partial charge in [-0.15, -0.1) is 0 Å². The first-order valence-electron chi connectivity index (χ1n) is 9.88. The molecule has 0 spiro atoms. The molecule has 0 aliphatic heterocycles. The second kappa shape index (κ2) is 8.31. The zero-order valence-electron chi connectivity index (χ0n) is 16.6. The van der Waals surface area contributed by atoms with Gasteiger partial charge in [-0.25, -0.2) is 4.98 Å². The van der Waals surface area contributed by atoms with Crippen molar-refractivity contribution in [1.82, 2.24) is 9.97 Å². The molecule has 0 fully saturated rings. The predicted molar refractivity (Wildman–Crippen MR) is 114 cm³/mol. The molecule has 1 heterocycles. The van der Waals surface area contributed by atoms with Gasteiger partial charge >= 0.3 is 0 Å². The van der Waals surface area contributed by atoms with Crippen LogP contribution in [0.25, 0.3) is 0 Å². The Labute approximate surface area is 170 Å². The number of Topliss-reactive ketones (excluding diaryl/α,β-unsaturated/α-hetero) is 1. The third-order valence-corrected chi connectivity index (χ3v) is 4.80. The molecule has 2 aromatic carbocycles. The lowest BCUT2D eigenvalue weighted by Gasteiger charge is -2.23. The van der Waals surface area contributed by atoms with E-state index in [1.807, 2.05) is 61.5 Å². The zero-order valence-corrected chi connectivity index (χ0v) is 16.6. The molecule has 1 atom stereocenters. The zero-order chi connectivity index (χ0) is 20.2. The molecule has 3 aromatic rings. The molecule has 0 saturated heterocycles. The molecular formula is C23H24N4O2. The molecule has 2 N–H and O–H groups in total. The van der Waals surface area contributed by atoms with E-state index in [1.54, 1.807) is 0 Å². The second-order valence-corrected chi connectivity index (χ2v) is 7.23. The number of para-hydroxylation sites is 1. The van der Waals surface area contributed by atoms with Gasteiger partial charge in [-0.2, -0.15) is 4.98 Å². The van der Waals surface area contributed by atoms with E-state index in [4.69, 9.17) is 4.74 Å². The predicted octanol–water partition coefficient (Wildman–Crippen LogP) is 5.13. The van der Waals surface area contributed by atoms with Gasteiger partial charge in [0, 0.05) is 17.8 Å². The number of rotatable bonds is 6. The summed E-state index contributed by atoms with van der Waals surface area (Å²) < 4.78 is 5.49. The third-order valence-electron chi connectivity index (χ3n) is 4.80. The summed E-state index contributed by atoms with van der Waals surface area (Å²) in [5, 5.41) is 6.55. The molecule has 29 heavy (non-hydrogen) atoms. The lowest BCUT2D eigenvalue weighted by Crippen LogP contribution is -2.22. The number of ether oxygens (including phenoxy) is 1. The van der Waals surface area contributed by atoms with Gasteiger partial charge < -0.3 is 15.4 Å². The summed E-state index contributed by atoms with van der Waals surface area (Å²) in [5.41, 5.74) is 3.13. The monoisotopic (exact) mass is 388 g/mol. The van der Waals surface area contributed by atoms with E-state index in [0.717, 1.165) is 29.2 Å². The molecule has 0 amide bonds. The minimum atomic E-state index is 0.0878. The van der Waals surface area contributed by atoms with Crippen molar-refractivity contribution in [3.05, 3.63) is 65.9 Å². The van der Waals surface area contributed by atoms with E-state index in [-0.39, 0.29) is 11.7 Å². The summed E-state index contributed by atoms with van der Waals surface area (Å²) >= 11 is 0. The minimum Gasteiger partial charge on any atom is -0.494 e. The van der Waals surface area contributed by atoms with Crippen molar-refractivity contribution < 1.29 is 9.53 Å². The Hall–Kier alpha value is -3.41. The van der Waals surface area contributed by atoms with Gasteiger partial charge in [0.05, 0.1) is 17.9 Å². The lowest BCUT2D eigenvalue weighted by atomic mass is 9.87. The maximum Gasteiger partial charge on any atom is 0.229 e. The Morgan fingerprint density at radius 2 is 1.69 bits per heavy atom. The van der Waals surface area contributed by atoms with Crippen LogP contribution in [0.5, 0.6) is 5.75 Å². The second-order valence-electron chi connectivity index (χ2n) is 7.23. The van der Waals surface area contributed by atoms with Gasteiger partial charge in [0.15, 0.2) is 5.78 Å². The Morgan fingerprint density at radius 3 is 2.41 bits per heavy atom. The SMILES string of the molecule is CCOc1ccc(Nc2nc3c(c(Nc4ccccc4)n2)C(=O)CC(C)C3)cc1. The number of hydrogen-bond donors (Lipinski definition) is 2. The van der Waals surface area contributed by atoms with Crippen LogP contribution in [0.1, 0.15) is 36.3 Å². The van der Waals surface area contributed by atoms with Gasteiger partial charge in [-0.05, 0) is 55.7 Å². The number of nitrogens with zero attached hydrogens (tertiary/aromatic N) is 2. The highest BCUT2D eigenvalue weighted by Gasteiger charge is 2.28. The summed E-state index contributed by atoms with van der Waals surface area (Å²) in [5.74, 6) is 2.19. The van der Waals surface area contributed by atoms with Crippen molar-refractivity contribution in [2.24, 2.45) is 5.92 Å². The molecule has 148 valence electrons. The highest BCUT2D eigenvalue weighted by molar-refractivity contribution is 6.03. The van der Waals surface area contributed by atoms with Crippen molar-refractivity contribution in [3.63, 3.8) is 0 Å². The number of carbonyl (C=O) groups excluding carboxylic acids is 1. The molecule has 1 aromatic heterocycles. The molecule has 1 aliphatic rings. The number of nitrogens with one attached hydrogen (secondary N) is 2. The van der Waals surface area contributed by atoms with E-state index in [0.29, 0.717) is 30.4 Å². The largest absolute Gasteiger partial charge is 0.494 e. The maximum atomic E-state index is 12.7. The summed E-state index contributed by atoms with van der Waals surface area (Å²) in [4.78, 5) is 22.0.